The number of thioether (sulfide) groups is 1. The lowest BCUT2D eigenvalue weighted by molar-refractivity contribution is -0.117. The number of hydrogen-bond acceptors (Lipinski definition) is 4. The van der Waals surface area contributed by atoms with E-state index in [1.165, 1.54) is 11.8 Å². The number of fused-ring (bicyclic) bond motifs is 1. The van der Waals surface area contributed by atoms with Gasteiger partial charge in [0.15, 0.2) is 0 Å². The fraction of sp³-hybridized carbons (Fsp3) is 0.211. The molecule has 3 rings (SSSR count). The SMILES string of the molecule is CC(=O)N1CCc2cc(NC(=O)c3ccccc3SCC(N)=O)ccc21. The summed E-state index contributed by atoms with van der Waals surface area (Å²) < 4.78 is 0. The van der Waals surface area contributed by atoms with Gasteiger partial charge in [0, 0.05) is 29.7 Å². The Morgan fingerprint density at radius 3 is 2.69 bits per heavy atom. The number of primary amides is 1. The third-order valence-electron chi connectivity index (χ3n) is 4.11. The second kappa shape index (κ2) is 7.61. The third kappa shape index (κ3) is 3.88. The fourth-order valence-corrected chi connectivity index (χ4v) is 3.72. The average Bonchev–Trinajstić information content (AvgIpc) is 3.03. The van der Waals surface area contributed by atoms with Crippen molar-refractivity contribution in [3.63, 3.8) is 0 Å². The number of nitrogens with one attached hydrogen (secondary N) is 1. The molecular formula is C19H19N3O3S. The molecule has 134 valence electrons. The number of nitrogens with zero attached hydrogens (tertiary/aromatic N) is 1. The van der Waals surface area contributed by atoms with Crippen LogP contribution in [0.1, 0.15) is 22.8 Å². The lowest BCUT2D eigenvalue weighted by atomic mass is 10.1. The van der Waals surface area contributed by atoms with E-state index in [-0.39, 0.29) is 17.6 Å². The molecule has 26 heavy (non-hydrogen) atoms. The van der Waals surface area contributed by atoms with Crippen LogP contribution in [-0.4, -0.2) is 30.0 Å². The third-order valence-corrected chi connectivity index (χ3v) is 5.21. The molecule has 0 unspecified atom stereocenters. The number of carbonyl (C=O) groups excluding carboxylic acids is 3. The highest BCUT2D eigenvalue weighted by atomic mass is 32.2. The van der Waals surface area contributed by atoms with Gasteiger partial charge in [0.2, 0.25) is 11.8 Å². The molecule has 0 bridgehead atoms. The molecule has 0 aliphatic carbocycles. The van der Waals surface area contributed by atoms with Crippen molar-refractivity contribution in [2.24, 2.45) is 5.73 Å². The number of anilines is 2. The number of nitrogens with two attached hydrogens (primary N) is 1. The van der Waals surface area contributed by atoms with Crippen molar-refractivity contribution >= 4 is 40.9 Å². The van der Waals surface area contributed by atoms with Crippen molar-refractivity contribution in [3.8, 4) is 0 Å². The summed E-state index contributed by atoms with van der Waals surface area (Å²) in [5.41, 5.74) is 8.28. The number of amides is 3. The minimum Gasteiger partial charge on any atom is -0.369 e. The molecule has 2 aromatic carbocycles. The topological polar surface area (TPSA) is 92.5 Å². The maximum atomic E-state index is 12.6. The van der Waals surface area contributed by atoms with Crippen LogP contribution in [0.25, 0.3) is 0 Å². The molecule has 0 spiro atoms. The van der Waals surface area contributed by atoms with Gasteiger partial charge >= 0.3 is 0 Å². The number of benzene rings is 2. The fourth-order valence-electron chi connectivity index (χ4n) is 2.93. The van der Waals surface area contributed by atoms with Gasteiger partial charge in [0.05, 0.1) is 11.3 Å². The molecule has 0 fully saturated rings. The quantitative estimate of drug-likeness (QED) is 0.792. The normalized spacial score (nSPS) is 12.6. The molecule has 1 aliphatic rings. The van der Waals surface area contributed by atoms with Gasteiger partial charge in [0.1, 0.15) is 0 Å². The smallest absolute Gasteiger partial charge is 0.256 e. The Kier molecular flexibility index (Phi) is 5.27. The molecule has 1 aliphatic heterocycles. The van der Waals surface area contributed by atoms with Crippen LogP contribution in [-0.2, 0) is 16.0 Å². The highest BCUT2D eigenvalue weighted by Crippen LogP contribution is 2.31. The van der Waals surface area contributed by atoms with Crippen LogP contribution in [0.4, 0.5) is 11.4 Å². The van der Waals surface area contributed by atoms with Crippen LogP contribution in [0, 0.1) is 0 Å². The van der Waals surface area contributed by atoms with Crippen molar-refractivity contribution in [2.45, 2.75) is 18.2 Å². The van der Waals surface area contributed by atoms with Crippen molar-refractivity contribution in [3.05, 3.63) is 53.6 Å². The van der Waals surface area contributed by atoms with Gasteiger partial charge < -0.3 is 16.0 Å². The van der Waals surface area contributed by atoms with Crippen molar-refractivity contribution in [1.82, 2.24) is 0 Å². The Morgan fingerprint density at radius 2 is 1.96 bits per heavy atom. The first-order valence-electron chi connectivity index (χ1n) is 8.18. The second-order valence-corrected chi connectivity index (χ2v) is 6.99. The van der Waals surface area contributed by atoms with E-state index >= 15 is 0 Å². The van der Waals surface area contributed by atoms with Crippen LogP contribution in [0.2, 0.25) is 0 Å². The summed E-state index contributed by atoms with van der Waals surface area (Å²) in [6.07, 6.45) is 0.768. The summed E-state index contributed by atoms with van der Waals surface area (Å²) in [5.74, 6) is -0.553. The average molecular weight is 369 g/mol. The summed E-state index contributed by atoms with van der Waals surface area (Å²) in [7, 11) is 0. The minimum atomic E-state index is -0.432. The van der Waals surface area contributed by atoms with Crippen LogP contribution in [0.15, 0.2) is 47.4 Å². The maximum absolute atomic E-state index is 12.6. The zero-order valence-corrected chi connectivity index (χ0v) is 15.1. The van der Waals surface area contributed by atoms with Gasteiger partial charge in [-0.1, -0.05) is 12.1 Å². The molecule has 2 aromatic rings. The molecule has 0 radical (unpaired) electrons. The zero-order chi connectivity index (χ0) is 18.7. The summed E-state index contributed by atoms with van der Waals surface area (Å²) in [5, 5.41) is 2.89. The molecule has 0 atom stereocenters. The van der Waals surface area contributed by atoms with Crippen molar-refractivity contribution in [2.75, 3.05) is 22.5 Å². The van der Waals surface area contributed by atoms with E-state index in [1.807, 2.05) is 18.2 Å². The second-order valence-electron chi connectivity index (χ2n) is 5.97. The molecule has 0 aromatic heterocycles. The predicted octanol–water partition coefficient (Wildman–Crippen LogP) is 2.43. The molecular weight excluding hydrogens is 350 g/mol. The van der Waals surface area contributed by atoms with Crippen molar-refractivity contribution < 1.29 is 14.4 Å². The zero-order valence-electron chi connectivity index (χ0n) is 14.3. The monoisotopic (exact) mass is 369 g/mol. The number of hydrogen-bond donors (Lipinski definition) is 2. The van der Waals surface area contributed by atoms with E-state index in [4.69, 9.17) is 5.73 Å². The first-order chi connectivity index (χ1) is 12.5. The molecule has 6 nitrogen and oxygen atoms in total. The standard InChI is InChI=1S/C19H19N3O3S/c1-12(23)22-9-8-13-10-14(6-7-16(13)22)21-19(25)15-4-2-3-5-17(15)26-11-18(20)24/h2-7,10H,8-9,11H2,1H3,(H2,20,24)(H,21,25). The first kappa shape index (κ1) is 18.0. The van der Waals surface area contributed by atoms with E-state index in [1.54, 1.807) is 36.1 Å². The van der Waals surface area contributed by atoms with Crippen LogP contribution in [0.3, 0.4) is 0 Å². The number of rotatable bonds is 5. The largest absolute Gasteiger partial charge is 0.369 e. The van der Waals surface area contributed by atoms with Gasteiger partial charge in [0.25, 0.3) is 5.91 Å². The molecule has 3 N–H and O–H groups in total. The Balaban J connectivity index is 1.77. The van der Waals surface area contributed by atoms with E-state index in [0.29, 0.717) is 22.7 Å². The predicted molar refractivity (Wildman–Crippen MR) is 102 cm³/mol. The van der Waals surface area contributed by atoms with Gasteiger partial charge in [-0.3, -0.25) is 14.4 Å². The molecule has 0 saturated carbocycles. The van der Waals surface area contributed by atoms with Gasteiger partial charge in [-0.2, -0.15) is 0 Å². The summed E-state index contributed by atoms with van der Waals surface area (Å²) in [6.45, 7) is 2.21. The summed E-state index contributed by atoms with van der Waals surface area (Å²) >= 11 is 1.24. The highest BCUT2D eigenvalue weighted by molar-refractivity contribution is 8.00. The van der Waals surface area contributed by atoms with E-state index in [9.17, 15) is 14.4 Å². The molecule has 0 saturated heterocycles. The Labute approximate surface area is 155 Å². The van der Waals surface area contributed by atoms with E-state index in [0.717, 1.165) is 17.7 Å². The Hall–Kier alpha value is -2.80. The minimum absolute atomic E-state index is 0.0148. The van der Waals surface area contributed by atoms with Crippen LogP contribution in [0.5, 0.6) is 0 Å². The van der Waals surface area contributed by atoms with E-state index < -0.39 is 5.91 Å². The van der Waals surface area contributed by atoms with Crippen molar-refractivity contribution in [1.29, 1.82) is 0 Å². The maximum Gasteiger partial charge on any atom is 0.256 e. The van der Waals surface area contributed by atoms with E-state index in [2.05, 4.69) is 5.32 Å². The van der Waals surface area contributed by atoms with Crippen LogP contribution >= 0.6 is 11.8 Å². The Morgan fingerprint density at radius 1 is 1.19 bits per heavy atom. The van der Waals surface area contributed by atoms with Gasteiger partial charge in [-0.05, 0) is 42.3 Å². The number of carbonyl (C=O) groups is 3. The first-order valence-corrected chi connectivity index (χ1v) is 9.17. The molecule has 7 heteroatoms. The lowest BCUT2D eigenvalue weighted by Gasteiger charge is -2.15. The van der Waals surface area contributed by atoms with Crippen LogP contribution < -0.4 is 16.0 Å². The summed E-state index contributed by atoms with van der Waals surface area (Å²) in [4.78, 5) is 37.7. The summed E-state index contributed by atoms with van der Waals surface area (Å²) in [6, 6.07) is 12.6. The molecule has 1 heterocycles. The van der Waals surface area contributed by atoms with Gasteiger partial charge in [-0.25, -0.2) is 0 Å². The Bertz CT molecular complexity index is 882. The van der Waals surface area contributed by atoms with Gasteiger partial charge in [-0.15, -0.1) is 11.8 Å². The lowest BCUT2D eigenvalue weighted by Crippen LogP contribution is -2.25. The highest BCUT2D eigenvalue weighted by Gasteiger charge is 2.22. The molecule has 3 amide bonds.